The monoisotopic (exact) mass is 227 g/mol. The number of benzene rings is 1. The van der Waals surface area contributed by atoms with Crippen LogP contribution in [-0.2, 0) is 6.42 Å². The van der Waals surface area contributed by atoms with E-state index in [2.05, 4.69) is 5.32 Å². The van der Waals surface area contributed by atoms with Crippen LogP contribution in [0.1, 0.15) is 11.1 Å². The summed E-state index contributed by atoms with van der Waals surface area (Å²) in [7, 11) is 4.80. The Balaban J connectivity index is 3.17. The zero-order valence-electron chi connectivity index (χ0n) is 10.2. The van der Waals surface area contributed by atoms with Crippen molar-refractivity contribution in [2.24, 2.45) is 0 Å². The Morgan fingerprint density at radius 3 is 2.38 bits per heavy atom. The molecule has 0 saturated heterocycles. The predicted octanol–water partition coefficient (Wildman–Crippen LogP) is 1.91. The topological polar surface area (TPSA) is 30.5 Å². The maximum Gasteiger partial charge on any atom is 0.197 e. The first-order chi connectivity index (χ1) is 7.65. The van der Waals surface area contributed by atoms with E-state index in [1.54, 1.807) is 6.07 Å². The molecule has 3 nitrogen and oxygen atoms in total. The van der Waals surface area contributed by atoms with Gasteiger partial charge in [0.2, 0.25) is 0 Å². The molecule has 0 aromatic heterocycles. The average Bonchev–Trinajstić information content (AvgIpc) is 2.29. The molecular weight excluding hydrogens is 209 g/mol. The Hall–Kier alpha value is -1.29. The molecule has 0 unspecified atom stereocenters. The molecule has 0 aliphatic heterocycles. The number of rotatable bonds is 5. The van der Waals surface area contributed by atoms with Gasteiger partial charge in [-0.2, -0.15) is 0 Å². The molecule has 16 heavy (non-hydrogen) atoms. The van der Waals surface area contributed by atoms with Crippen LogP contribution in [0.15, 0.2) is 6.07 Å². The summed E-state index contributed by atoms with van der Waals surface area (Å²) >= 11 is 0. The highest BCUT2D eigenvalue weighted by Gasteiger charge is 2.17. The zero-order chi connectivity index (χ0) is 12.1. The molecule has 0 spiro atoms. The molecule has 0 fully saturated rings. The van der Waals surface area contributed by atoms with Gasteiger partial charge in [0.25, 0.3) is 0 Å². The maximum absolute atomic E-state index is 14.0. The van der Waals surface area contributed by atoms with Crippen LogP contribution < -0.4 is 14.8 Å². The Bertz CT molecular complexity index is 367. The second-order valence-corrected chi connectivity index (χ2v) is 3.59. The van der Waals surface area contributed by atoms with Gasteiger partial charge in [-0.3, -0.25) is 0 Å². The van der Waals surface area contributed by atoms with Crippen molar-refractivity contribution in [1.82, 2.24) is 5.32 Å². The molecule has 0 amide bonds. The van der Waals surface area contributed by atoms with Crippen LogP contribution in [-0.4, -0.2) is 27.8 Å². The lowest BCUT2D eigenvalue weighted by atomic mass is 10.1. The Morgan fingerprint density at radius 1 is 1.25 bits per heavy atom. The summed E-state index contributed by atoms with van der Waals surface area (Å²) in [6.45, 7) is 2.61. The summed E-state index contributed by atoms with van der Waals surface area (Å²) in [4.78, 5) is 0. The Labute approximate surface area is 95.6 Å². The smallest absolute Gasteiger partial charge is 0.197 e. The highest BCUT2D eigenvalue weighted by atomic mass is 19.1. The molecule has 0 radical (unpaired) electrons. The fraction of sp³-hybridized carbons (Fsp3) is 0.500. The number of hydrogen-bond acceptors (Lipinski definition) is 3. The van der Waals surface area contributed by atoms with Gasteiger partial charge >= 0.3 is 0 Å². The number of halogens is 1. The maximum atomic E-state index is 14.0. The molecule has 0 bridgehead atoms. The van der Waals surface area contributed by atoms with Gasteiger partial charge in [-0.05, 0) is 44.1 Å². The minimum absolute atomic E-state index is 0.189. The third-order valence-electron chi connectivity index (χ3n) is 2.49. The number of aryl methyl sites for hydroxylation is 1. The molecule has 1 aromatic rings. The normalized spacial score (nSPS) is 10.3. The highest BCUT2D eigenvalue weighted by Crippen LogP contribution is 2.35. The van der Waals surface area contributed by atoms with Crippen molar-refractivity contribution < 1.29 is 13.9 Å². The van der Waals surface area contributed by atoms with Crippen molar-refractivity contribution in [3.05, 3.63) is 23.0 Å². The lowest BCUT2D eigenvalue weighted by Gasteiger charge is -2.14. The third kappa shape index (κ3) is 2.44. The van der Waals surface area contributed by atoms with E-state index in [-0.39, 0.29) is 11.6 Å². The molecule has 1 rings (SSSR count). The van der Waals surface area contributed by atoms with Crippen molar-refractivity contribution in [2.45, 2.75) is 13.3 Å². The van der Waals surface area contributed by atoms with E-state index >= 15 is 0 Å². The molecule has 0 saturated carbocycles. The first-order valence-electron chi connectivity index (χ1n) is 5.20. The predicted molar refractivity (Wildman–Crippen MR) is 61.9 cm³/mol. The summed E-state index contributed by atoms with van der Waals surface area (Å²) in [5, 5.41) is 2.99. The molecular formula is C12H18FNO2. The molecule has 90 valence electrons. The van der Waals surface area contributed by atoms with Gasteiger partial charge in [-0.15, -0.1) is 0 Å². The van der Waals surface area contributed by atoms with Crippen molar-refractivity contribution >= 4 is 0 Å². The second kappa shape index (κ2) is 5.70. The SMILES string of the molecule is CNCCc1cc(C)c(OC)c(OC)c1F. The summed E-state index contributed by atoms with van der Waals surface area (Å²) in [6, 6.07) is 1.80. The summed E-state index contributed by atoms with van der Waals surface area (Å²) in [5.74, 6) is 0.321. The third-order valence-corrected chi connectivity index (χ3v) is 2.49. The first-order valence-corrected chi connectivity index (χ1v) is 5.20. The number of nitrogens with one attached hydrogen (secondary N) is 1. The average molecular weight is 227 g/mol. The highest BCUT2D eigenvalue weighted by molar-refractivity contribution is 5.50. The van der Waals surface area contributed by atoms with Gasteiger partial charge in [-0.25, -0.2) is 4.39 Å². The van der Waals surface area contributed by atoms with Gasteiger partial charge in [0.15, 0.2) is 17.3 Å². The number of hydrogen-bond donors (Lipinski definition) is 1. The van der Waals surface area contributed by atoms with E-state index in [1.165, 1.54) is 14.2 Å². The molecule has 4 heteroatoms. The van der Waals surface area contributed by atoms with E-state index < -0.39 is 0 Å². The van der Waals surface area contributed by atoms with E-state index in [0.29, 0.717) is 17.7 Å². The molecule has 0 aliphatic carbocycles. The van der Waals surface area contributed by atoms with Gasteiger partial charge in [0.05, 0.1) is 14.2 Å². The number of likely N-dealkylation sites (N-methyl/N-ethyl adjacent to an activating group) is 1. The number of ether oxygens (including phenoxy) is 2. The molecule has 1 N–H and O–H groups in total. The van der Waals surface area contributed by atoms with E-state index in [0.717, 1.165) is 12.1 Å². The van der Waals surface area contributed by atoms with E-state index in [4.69, 9.17) is 9.47 Å². The van der Waals surface area contributed by atoms with Crippen molar-refractivity contribution in [3.8, 4) is 11.5 Å². The molecule has 0 aliphatic rings. The lowest BCUT2D eigenvalue weighted by Crippen LogP contribution is -2.12. The number of methoxy groups -OCH3 is 2. The summed E-state index contributed by atoms with van der Waals surface area (Å²) in [6.07, 6.45) is 0.628. The van der Waals surface area contributed by atoms with Gasteiger partial charge in [-0.1, -0.05) is 0 Å². The zero-order valence-corrected chi connectivity index (χ0v) is 10.2. The Kier molecular flexibility index (Phi) is 4.55. The minimum Gasteiger partial charge on any atom is -0.492 e. The molecule has 1 aromatic carbocycles. The van der Waals surface area contributed by atoms with Crippen molar-refractivity contribution in [1.29, 1.82) is 0 Å². The van der Waals surface area contributed by atoms with Crippen LogP contribution >= 0.6 is 0 Å². The largest absolute Gasteiger partial charge is 0.492 e. The van der Waals surface area contributed by atoms with Crippen LogP contribution in [0.4, 0.5) is 4.39 Å². The van der Waals surface area contributed by atoms with Crippen LogP contribution in [0.25, 0.3) is 0 Å². The second-order valence-electron chi connectivity index (χ2n) is 3.59. The van der Waals surface area contributed by atoms with Crippen LogP contribution in [0, 0.1) is 12.7 Å². The fourth-order valence-corrected chi connectivity index (χ4v) is 1.69. The van der Waals surface area contributed by atoms with Gasteiger partial charge < -0.3 is 14.8 Å². The molecule has 0 heterocycles. The van der Waals surface area contributed by atoms with E-state index in [9.17, 15) is 4.39 Å². The van der Waals surface area contributed by atoms with Crippen LogP contribution in [0.3, 0.4) is 0 Å². The van der Waals surface area contributed by atoms with Gasteiger partial charge in [0, 0.05) is 0 Å². The Morgan fingerprint density at radius 2 is 1.88 bits per heavy atom. The fourth-order valence-electron chi connectivity index (χ4n) is 1.69. The lowest BCUT2D eigenvalue weighted by molar-refractivity contribution is 0.334. The summed E-state index contributed by atoms with van der Waals surface area (Å²) in [5.41, 5.74) is 1.52. The minimum atomic E-state index is -0.333. The van der Waals surface area contributed by atoms with Crippen LogP contribution in [0.5, 0.6) is 11.5 Å². The summed E-state index contributed by atoms with van der Waals surface area (Å²) < 4.78 is 24.2. The van der Waals surface area contributed by atoms with E-state index in [1.807, 2.05) is 14.0 Å². The molecule has 0 atom stereocenters. The van der Waals surface area contributed by atoms with Gasteiger partial charge in [0.1, 0.15) is 0 Å². The first kappa shape index (κ1) is 12.8. The van der Waals surface area contributed by atoms with Crippen molar-refractivity contribution in [3.63, 3.8) is 0 Å². The quantitative estimate of drug-likeness (QED) is 0.833. The van der Waals surface area contributed by atoms with Crippen molar-refractivity contribution in [2.75, 3.05) is 27.8 Å². The standard InChI is InChI=1S/C12H18FNO2/c1-8-7-9(5-6-14-2)10(13)12(16-4)11(8)15-3/h7,14H,5-6H2,1-4H3. The van der Waals surface area contributed by atoms with Crippen LogP contribution in [0.2, 0.25) is 0 Å².